The highest BCUT2D eigenvalue weighted by atomic mass is 32.2. The maximum absolute atomic E-state index is 13.4. The molecule has 6 heteroatoms. The molecule has 0 aromatic heterocycles. The number of halogens is 1. The Morgan fingerprint density at radius 3 is 2.46 bits per heavy atom. The summed E-state index contributed by atoms with van der Waals surface area (Å²) >= 11 is 1.40. The van der Waals surface area contributed by atoms with Crippen LogP contribution >= 0.6 is 11.8 Å². The zero-order valence-electron chi connectivity index (χ0n) is 13.6. The Hall–Kier alpha value is -2.34. The predicted octanol–water partition coefficient (Wildman–Crippen LogP) is 3.50. The first-order chi connectivity index (χ1) is 11.4. The van der Waals surface area contributed by atoms with Gasteiger partial charge in [0.25, 0.3) is 0 Å². The molecule has 4 nitrogen and oxygen atoms in total. The van der Waals surface area contributed by atoms with E-state index in [-0.39, 0.29) is 23.4 Å². The molecule has 0 atom stereocenters. The summed E-state index contributed by atoms with van der Waals surface area (Å²) in [5, 5.41) is 5.46. The lowest BCUT2D eigenvalue weighted by molar-refractivity contribution is -0.118. The summed E-state index contributed by atoms with van der Waals surface area (Å²) in [6.07, 6.45) is 0. The first kappa shape index (κ1) is 18.0. The monoisotopic (exact) mass is 346 g/mol. The van der Waals surface area contributed by atoms with Crippen LogP contribution in [0.1, 0.15) is 18.1 Å². The van der Waals surface area contributed by atoms with Crippen LogP contribution in [0.2, 0.25) is 0 Å². The van der Waals surface area contributed by atoms with Crippen LogP contribution in [0, 0.1) is 12.7 Å². The molecule has 2 rings (SSSR count). The van der Waals surface area contributed by atoms with Gasteiger partial charge in [-0.25, -0.2) is 4.39 Å². The first-order valence-corrected chi connectivity index (χ1v) is 8.45. The molecule has 0 aliphatic carbocycles. The Labute approximate surface area is 144 Å². The fraction of sp³-hybridized carbons (Fsp3) is 0.222. The predicted molar refractivity (Wildman–Crippen MR) is 94.5 cm³/mol. The van der Waals surface area contributed by atoms with E-state index >= 15 is 0 Å². The van der Waals surface area contributed by atoms with Crippen molar-refractivity contribution in [2.45, 2.75) is 25.3 Å². The quantitative estimate of drug-likeness (QED) is 0.787. The summed E-state index contributed by atoms with van der Waals surface area (Å²) in [7, 11) is 0. The highest BCUT2D eigenvalue weighted by Crippen LogP contribution is 2.20. The van der Waals surface area contributed by atoms with Crippen LogP contribution in [0.15, 0.2) is 47.4 Å². The third-order valence-corrected chi connectivity index (χ3v) is 4.28. The summed E-state index contributed by atoms with van der Waals surface area (Å²) < 4.78 is 13.4. The Morgan fingerprint density at radius 1 is 1.12 bits per heavy atom. The van der Waals surface area contributed by atoms with Crippen LogP contribution in [0.3, 0.4) is 0 Å². The average molecular weight is 346 g/mol. The van der Waals surface area contributed by atoms with Gasteiger partial charge < -0.3 is 10.6 Å². The van der Waals surface area contributed by atoms with Crippen molar-refractivity contribution in [2.75, 3.05) is 11.1 Å². The Kier molecular flexibility index (Phi) is 6.37. The number of thioether (sulfide) groups is 1. The second-order valence-corrected chi connectivity index (χ2v) is 6.40. The number of nitrogens with one attached hydrogen (secondary N) is 2. The van der Waals surface area contributed by atoms with E-state index in [2.05, 4.69) is 10.6 Å². The number of anilines is 1. The van der Waals surface area contributed by atoms with Crippen molar-refractivity contribution in [1.82, 2.24) is 5.32 Å². The molecule has 2 N–H and O–H groups in total. The summed E-state index contributed by atoms with van der Waals surface area (Å²) in [6, 6.07) is 12.2. The van der Waals surface area contributed by atoms with Crippen LogP contribution in [-0.2, 0) is 16.1 Å². The molecular formula is C18H19FN2O2S. The second kappa shape index (κ2) is 8.49. The van der Waals surface area contributed by atoms with E-state index in [0.717, 1.165) is 16.1 Å². The van der Waals surface area contributed by atoms with Crippen LogP contribution < -0.4 is 10.6 Å². The van der Waals surface area contributed by atoms with Crippen molar-refractivity contribution >= 4 is 29.3 Å². The molecule has 2 amide bonds. The van der Waals surface area contributed by atoms with Crippen LogP contribution in [0.5, 0.6) is 0 Å². The summed E-state index contributed by atoms with van der Waals surface area (Å²) in [5.74, 6) is -0.238. The van der Waals surface area contributed by atoms with Crippen molar-refractivity contribution in [3.8, 4) is 0 Å². The van der Waals surface area contributed by atoms with Crippen molar-refractivity contribution in [3.63, 3.8) is 0 Å². The van der Waals surface area contributed by atoms with Gasteiger partial charge in [0, 0.05) is 24.1 Å². The number of rotatable bonds is 6. The number of hydrogen-bond donors (Lipinski definition) is 2. The molecule has 0 heterocycles. The molecule has 0 fully saturated rings. The van der Waals surface area contributed by atoms with Gasteiger partial charge in [0.15, 0.2) is 0 Å². The van der Waals surface area contributed by atoms with Crippen molar-refractivity contribution in [1.29, 1.82) is 0 Å². The molecule has 0 spiro atoms. The third kappa shape index (κ3) is 5.70. The maximum atomic E-state index is 13.4. The lowest BCUT2D eigenvalue weighted by atomic mass is 10.1. The number of carbonyl (C=O) groups is 2. The molecule has 0 saturated carbocycles. The minimum absolute atomic E-state index is 0.119. The van der Waals surface area contributed by atoms with Gasteiger partial charge in [-0.2, -0.15) is 0 Å². The lowest BCUT2D eigenvalue weighted by Gasteiger charge is -2.07. The van der Waals surface area contributed by atoms with E-state index in [1.165, 1.54) is 24.8 Å². The smallest absolute Gasteiger partial charge is 0.230 e. The minimum atomic E-state index is -0.268. The number of amides is 2. The number of benzene rings is 2. The molecule has 24 heavy (non-hydrogen) atoms. The summed E-state index contributed by atoms with van der Waals surface area (Å²) in [5.41, 5.74) is 2.04. The van der Waals surface area contributed by atoms with Crippen molar-refractivity contribution < 1.29 is 14.0 Å². The van der Waals surface area contributed by atoms with E-state index in [1.54, 1.807) is 31.2 Å². The number of hydrogen-bond acceptors (Lipinski definition) is 3. The molecule has 2 aromatic rings. The van der Waals surface area contributed by atoms with Gasteiger partial charge in [0.1, 0.15) is 5.82 Å². The number of carbonyl (C=O) groups excluding carboxylic acids is 2. The Balaban J connectivity index is 1.78. The third-order valence-electron chi connectivity index (χ3n) is 3.27. The van der Waals surface area contributed by atoms with Crippen LogP contribution in [0.25, 0.3) is 0 Å². The molecule has 0 aliphatic heterocycles. The van der Waals surface area contributed by atoms with E-state index in [9.17, 15) is 14.0 Å². The topological polar surface area (TPSA) is 58.2 Å². The van der Waals surface area contributed by atoms with Gasteiger partial charge >= 0.3 is 0 Å². The van der Waals surface area contributed by atoms with E-state index in [0.29, 0.717) is 12.1 Å². The lowest BCUT2D eigenvalue weighted by Crippen LogP contribution is -2.24. The van der Waals surface area contributed by atoms with Gasteiger partial charge in [-0.05, 0) is 48.4 Å². The largest absolute Gasteiger partial charge is 0.351 e. The molecule has 0 saturated heterocycles. The zero-order valence-corrected chi connectivity index (χ0v) is 14.4. The minimum Gasteiger partial charge on any atom is -0.351 e. The molecular weight excluding hydrogens is 327 g/mol. The molecule has 2 aromatic carbocycles. The molecule has 0 radical (unpaired) electrons. The van der Waals surface area contributed by atoms with Crippen molar-refractivity contribution in [2.24, 2.45) is 0 Å². The molecule has 0 bridgehead atoms. The molecule has 0 aliphatic rings. The maximum Gasteiger partial charge on any atom is 0.230 e. The standard InChI is InChI=1S/C18H19FN2O2S/c1-12-3-4-14(9-17(12)19)10-20-18(23)11-24-16-7-5-15(6-8-16)21-13(2)22/h3-9H,10-11H2,1-2H3,(H,20,23)(H,21,22). The van der Waals surface area contributed by atoms with Crippen molar-refractivity contribution in [3.05, 3.63) is 59.4 Å². The van der Waals surface area contributed by atoms with E-state index < -0.39 is 0 Å². The highest BCUT2D eigenvalue weighted by molar-refractivity contribution is 8.00. The fourth-order valence-corrected chi connectivity index (χ4v) is 2.71. The zero-order chi connectivity index (χ0) is 17.5. The Bertz CT molecular complexity index is 732. The van der Waals surface area contributed by atoms with Gasteiger partial charge in [-0.1, -0.05) is 12.1 Å². The molecule has 0 unspecified atom stereocenters. The highest BCUT2D eigenvalue weighted by Gasteiger charge is 2.05. The van der Waals surface area contributed by atoms with Gasteiger partial charge in [0.05, 0.1) is 5.75 Å². The summed E-state index contributed by atoms with van der Waals surface area (Å²) in [4.78, 5) is 23.8. The SMILES string of the molecule is CC(=O)Nc1ccc(SCC(=O)NCc2ccc(C)c(F)c2)cc1. The molecule has 126 valence electrons. The van der Waals surface area contributed by atoms with Gasteiger partial charge in [-0.3, -0.25) is 9.59 Å². The van der Waals surface area contributed by atoms with E-state index in [4.69, 9.17) is 0 Å². The van der Waals surface area contributed by atoms with Gasteiger partial charge in [-0.15, -0.1) is 11.8 Å². The first-order valence-electron chi connectivity index (χ1n) is 7.46. The summed E-state index contributed by atoms with van der Waals surface area (Å²) in [6.45, 7) is 3.45. The number of aryl methyl sites for hydroxylation is 1. The van der Waals surface area contributed by atoms with Crippen LogP contribution in [0.4, 0.5) is 10.1 Å². The Morgan fingerprint density at radius 2 is 1.83 bits per heavy atom. The normalized spacial score (nSPS) is 10.3. The average Bonchev–Trinajstić information content (AvgIpc) is 2.55. The van der Waals surface area contributed by atoms with E-state index in [1.807, 2.05) is 12.1 Å². The van der Waals surface area contributed by atoms with Gasteiger partial charge in [0.2, 0.25) is 11.8 Å². The van der Waals surface area contributed by atoms with Crippen LogP contribution in [-0.4, -0.2) is 17.6 Å². The second-order valence-electron chi connectivity index (χ2n) is 5.35. The fourth-order valence-electron chi connectivity index (χ4n) is 1.98.